The van der Waals surface area contributed by atoms with Gasteiger partial charge in [-0.3, -0.25) is 9.59 Å². The number of nitrogens with one attached hydrogen (secondary N) is 2. The molecule has 0 aromatic rings. The highest BCUT2D eigenvalue weighted by Gasteiger charge is 2.03. The number of unbranched alkanes of at least 4 members (excludes halogenated alkanes) is 7. The Kier molecular flexibility index (Phi) is 21.5. The first-order chi connectivity index (χ1) is 13.7. The molecule has 5 heteroatoms. The van der Waals surface area contributed by atoms with Crippen LogP contribution in [0.4, 0.5) is 0 Å². The number of hydrogen-bond acceptors (Lipinski definition) is 3. The van der Waals surface area contributed by atoms with Crippen molar-refractivity contribution in [3.8, 4) is 0 Å². The van der Waals surface area contributed by atoms with Crippen molar-refractivity contribution in [1.82, 2.24) is 15.5 Å². The number of hydrogen-bond donors (Lipinski definition) is 2. The van der Waals surface area contributed by atoms with Gasteiger partial charge in [0, 0.05) is 18.2 Å². The van der Waals surface area contributed by atoms with Gasteiger partial charge in [-0.25, -0.2) is 0 Å². The number of nitrogens with zero attached hydrogens (tertiary/aromatic N) is 1. The first-order valence-electron chi connectivity index (χ1n) is 11.3. The van der Waals surface area contributed by atoms with Crippen molar-refractivity contribution in [2.45, 2.75) is 91.0 Å². The molecule has 0 saturated carbocycles. The summed E-state index contributed by atoms with van der Waals surface area (Å²) in [6.07, 6.45) is 14.1. The number of carbonyl (C=O) groups excluding carboxylic acids is 2. The van der Waals surface area contributed by atoms with E-state index in [-0.39, 0.29) is 17.9 Å². The van der Waals surface area contributed by atoms with Crippen molar-refractivity contribution in [3.05, 3.63) is 24.8 Å². The highest BCUT2D eigenvalue weighted by Crippen LogP contribution is 2.10. The molecular formula is C24H47N3O2. The summed E-state index contributed by atoms with van der Waals surface area (Å²) in [6.45, 7) is 14.7. The Bertz CT molecular complexity index is 447. The Morgan fingerprint density at radius 3 is 2.03 bits per heavy atom. The molecule has 2 N–H and O–H groups in total. The maximum absolute atomic E-state index is 11.0. The number of carbonyl (C=O) groups is 2. The van der Waals surface area contributed by atoms with Crippen LogP contribution in [-0.4, -0.2) is 49.9 Å². The lowest BCUT2D eigenvalue weighted by molar-refractivity contribution is -0.118. The van der Waals surface area contributed by atoms with E-state index in [0.29, 0.717) is 5.57 Å². The number of rotatable bonds is 16. The third kappa shape index (κ3) is 24.3. The molecular weight excluding hydrogens is 362 g/mol. The van der Waals surface area contributed by atoms with Gasteiger partial charge in [0.15, 0.2) is 0 Å². The maximum atomic E-state index is 11.0. The Balaban J connectivity index is 0. The summed E-state index contributed by atoms with van der Waals surface area (Å²) in [5.41, 5.74) is 0.569. The molecule has 0 spiro atoms. The molecule has 5 nitrogen and oxygen atoms in total. The second kappa shape index (κ2) is 21.1. The lowest BCUT2D eigenvalue weighted by Crippen LogP contribution is -2.30. The van der Waals surface area contributed by atoms with Gasteiger partial charge in [-0.1, -0.05) is 71.4 Å². The zero-order valence-electron chi connectivity index (χ0n) is 19.8. The van der Waals surface area contributed by atoms with Gasteiger partial charge in [-0.2, -0.15) is 0 Å². The van der Waals surface area contributed by atoms with Crippen LogP contribution in [0.1, 0.15) is 85.0 Å². The lowest BCUT2D eigenvalue weighted by atomic mass is 10.1. The third-order valence-corrected chi connectivity index (χ3v) is 4.52. The first-order valence-corrected chi connectivity index (χ1v) is 11.3. The molecule has 0 aromatic carbocycles. The molecule has 170 valence electrons. The normalized spacial score (nSPS) is 11.2. The van der Waals surface area contributed by atoms with E-state index in [1.807, 2.05) is 14.1 Å². The second-order valence-electron chi connectivity index (χ2n) is 8.07. The SMILES string of the molecule is C=C(C)C(=O)NCCCN(C)C.C=CC(=O)NC(C)CCCCCCCCCC. The summed E-state index contributed by atoms with van der Waals surface area (Å²) < 4.78 is 0. The third-order valence-electron chi connectivity index (χ3n) is 4.52. The Morgan fingerprint density at radius 2 is 1.55 bits per heavy atom. The molecule has 0 bridgehead atoms. The fraction of sp³-hybridized carbons (Fsp3) is 0.750. The van der Waals surface area contributed by atoms with Gasteiger partial charge in [0.1, 0.15) is 0 Å². The van der Waals surface area contributed by atoms with Crippen LogP contribution in [0.15, 0.2) is 24.8 Å². The molecule has 0 aliphatic carbocycles. The zero-order chi connectivity index (χ0) is 22.5. The zero-order valence-corrected chi connectivity index (χ0v) is 19.8. The van der Waals surface area contributed by atoms with Crippen molar-refractivity contribution in [2.24, 2.45) is 0 Å². The largest absolute Gasteiger partial charge is 0.352 e. The number of amides is 2. The van der Waals surface area contributed by atoms with E-state index in [1.54, 1.807) is 6.92 Å². The van der Waals surface area contributed by atoms with Crippen LogP contribution in [-0.2, 0) is 9.59 Å². The van der Waals surface area contributed by atoms with Gasteiger partial charge in [0.25, 0.3) is 0 Å². The molecule has 0 heterocycles. The minimum absolute atomic E-state index is 0.0474. The Labute approximate surface area is 180 Å². The van der Waals surface area contributed by atoms with Crippen LogP contribution in [0.2, 0.25) is 0 Å². The molecule has 0 radical (unpaired) electrons. The molecule has 0 aromatic heterocycles. The van der Waals surface area contributed by atoms with Crippen LogP contribution < -0.4 is 10.6 Å². The highest BCUT2D eigenvalue weighted by molar-refractivity contribution is 5.92. The molecule has 0 saturated heterocycles. The minimum Gasteiger partial charge on any atom is -0.352 e. The fourth-order valence-electron chi connectivity index (χ4n) is 2.71. The van der Waals surface area contributed by atoms with Gasteiger partial charge in [0.05, 0.1) is 0 Å². The van der Waals surface area contributed by atoms with Gasteiger partial charge < -0.3 is 15.5 Å². The van der Waals surface area contributed by atoms with Crippen molar-refractivity contribution in [1.29, 1.82) is 0 Å². The molecule has 1 unspecified atom stereocenters. The van der Waals surface area contributed by atoms with Crippen LogP contribution in [0, 0.1) is 0 Å². The topological polar surface area (TPSA) is 61.4 Å². The maximum Gasteiger partial charge on any atom is 0.246 e. The quantitative estimate of drug-likeness (QED) is 0.283. The van der Waals surface area contributed by atoms with Crippen molar-refractivity contribution in [3.63, 3.8) is 0 Å². The van der Waals surface area contributed by atoms with E-state index in [0.717, 1.165) is 25.9 Å². The second-order valence-corrected chi connectivity index (χ2v) is 8.07. The van der Waals surface area contributed by atoms with Gasteiger partial charge in [0.2, 0.25) is 11.8 Å². The Hall–Kier alpha value is -1.62. The van der Waals surface area contributed by atoms with E-state index in [2.05, 4.69) is 42.5 Å². The predicted molar refractivity (Wildman–Crippen MR) is 126 cm³/mol. The lowest BCUT2D eigenvalue weighted by Gasteiger charge is -2.11. The van der Waals surface area contributed by atoms with Gasteiger partial charge in [-0.15, -0.1) is 0 Å². The molecule has 0 fully saturated rings. The summed E-state index contributed by atoms with van der Waals surface area (Å²) in [7, 11) is 4.03. The average molecular weight is 410 g/mol. The summed E-state index contributed by atoms with van der Waals surface area (Å²) in [5, 5.41) is 5.66. The molecule has 0 rings (SSSR count). The summed E-state index contributed by atoms with van der Waals surface area (Å²) >= 11 is 0. The molecule has 29 heavy (non-hydrogen) atoms. The van der Waals surface area contributed by atoms with Crippen molar-refractivity contribution >= 4 is 11.8 Å². The highest BCUT2D eigenvalue weighted by atomic mass is 16.2. The Morgan fingerprint density at radius 1 is 1.00 bits per heavy atom. The molecule has 1 atom stereocenters. The predicted octanol–water partition coefficient (Wildman–Crippen LogP) is 4.84. The smallest absolute Gasteiger partial charge is 0.246 e. The minimum atomic E-state index is -0.0583. The van der Waals surface area contributed by atoms with E-state index < -0.39 is 0 Å². The molecule has 0 aliphatic rings. The molecule has 2 amide bonds. The van der Waals surface area contributed by atoms with E-state index in [1.165, 1.54) is 57.4 Å². The average Bonchev–Trinajstić information content (AvgIpc) is 2.67. The first kappa shape index (κ1) is 29.6. The van der Waals surface area contributed by atoms with Crippen LogP contribution in [0.5, 0.6) is 0 Å². The standard InChI is InChI=1S/C15H29NO.C9H18N2O/c1-4-6-7-8-9-10-11-12-13-14(3)16-15(17)5-2;1-8(2)9(12)10-6-5-7-11(3)4/h5,14H,2,4,6-13H2,1,3H3,(H,16,17);1,5-7H2,2-4H3,(H,10,12). The summed E-state index contributed by atoms with van der Waals surface area (Å²) in [5.74, 6) is -0.106. The monoisotopic (exact) mass is 409 g/mol. The van der Waals surface area contributed by atoms with E-state index >= 15 is 0 Å². The molecule has 0 aliphatic heterocycles. The van der Waals surface area contributed by atoms with E-state index in [4.69, 9.17) is 0 Å². The van der Waals surface area contributed by atoms with Gasteiger partial charge in [-0.05, 0) is 53.4 Å². The van der Waals surface area contributed by atoms with Crippen LogP contribution in [0.3, 0.4) is 0 Å². The van der Waals surface area contributed by atoms with Crippen LogP contribution in [0.25, 0.3) is 0 Å². The summed E-state index contributed by atoms with van der Waals surface area (Å²) in [4.78, 5) is 24.1. The van der Waals surface area contributed by atoms with Crippen molar-refractivity contribution in [2.75, 3.05) is 27.2 Å². The summed E-state index contributed by atoms with van der Waals surface area (Å²) in [6, 6.07) is 0.278. The van der Waals surface area contributed by atoms with E-state index in [9.17, 15) is 9.59 Å². The van der Waals surface area contributed by atoms with Crippen molar-refractivity contribution < 1.29 is 9.59 Å². The van der Waals surface area contributed by atoms with Crippen LogP contribution >= 0.6 is 0 Å². The van der Waals surface area contributed by atoms with Gasteiger partial charge >= 0.3 is 0 Å². The fourth-order valence-corrected chi connectivity index (χ4v) is 2.71.